The number of hydrogen-bond acceptors (Lipinski definition) is 2. The molecule has 0 spiro atoms. The molecule has 1 aromatic rings. The molecule has 0 atom stereocenters. The van der Waals surface area contributed by atoms with E-state index in [2.05, 4.69) is 0 Å². The van der Waals surface area contributed by atoms with E-state index in [1.165, 1.54) is 6.07 Å². The van der Waals surface area contributed by atoms with Gasteiger partial charge in [0.05, 0.1) is 0 Å². The van der Waals surface area contributed by atoms with Gasteiger partial charge in [-0.05, 0) is 6.07 Å². The van der Waals surface area contributed by atoms with Crippen molar-refractivity contribution in [2.45, 2.75) is 6.18 Å². The van der Waals surface area contributed by atoms with Crippen LogP contribution >= 0.6 is 0 Å². The molecule has 0 radical (unpaired) electrons. The number of rotatable bonds is 2. The van der Waals surface area contributed by atoms with Crippen LogP contribution in [0.1, 0.15) is 5.56 Å². The summed E-state index contributed by atoms with van der Waals surface area (Å²) in [5, 5.41) is 10.2. The third-order valence-corrected chi connectivity index (χ3v) is 1.41. The lowest BCUT2D eigenvalue weighted by Gasteiger charge is -2.12. The highest BCUT2D eigenvalue weighted by molar-refractivity contribution is 5.38. The lowest BCUT2D eigenvalue weighted by Crippen LogP contribution is -2.08. The summed E-state index contributed by atoms with van der Waals surface area (Å²) < 4.78 is 35.5. The zero-order chi connectivity index (χ0) is 10.8. The van der Waals surface area contributed by atoms with Crippen molar-refractivity contribution in [3.63, 3.8) is 0 Å². The van der Waals surface area contributed by atoms with Gasteiger partial charge >= 0.3 is 6.18 Å². The van der Waals surface area contributed by atoms with Crippen molar-refractivity contribution >= 4 is 5.69 Å². The number of hydrogen-bond donors (Lipinski definition) is 0. The zero-order valence-corrected chi connectivity index (χ0v) is 6.78. The highest BCUT2D eigenvalue weighted by Gasteiger charge is 2.22. The van der Waals surface area contributed by atoms with E-state index in [1.54, 1.807) is 0 Å². The van der Waals surface area contributed by atoms with Gasteiger partial charge in [-0.25, -0.2) is 0 Å². The lowest BCUT2D eigenvalue weighted by atomic mass is 10.1. The molecule has 6 heteroatoms. The number of nitrogens with zero attached hydrogens (tertiary/aromatic N) is 1. The molecule has 0 unspecified atom stereocenters. The molecule has 3 nitrogen and oxygen atoms in total. The molecule has 0 amide bonds. The first-order valence-corrected chi connectivity index (χ1v) is 3.55. The van der Waals surface area contributed by atoms with Gasteiger partial charge in [0.15, 0.2) is 0 Å². The van der Waals surface area contributed by atoms with Crippen molar-refractivity contribution in [1.29, 1.82) is 0 Å². The predicted octanol–water partition coefficient (Wildman–Crippen LogP) is 2.71. The Kier molecular flexibility index (Phi) is 2.64. The fourth-order valence-corrected chi connectivity index (χ4v) is 0.917. The minimum Gasteiger partial charge on any atom is -0.259 e. The van der Waals surface area contributed by atoms with Crippen LogP contribution in [-0.2, 0) is 0 Å². The fraction of sp³-hybridized carbons (Fsp3) is 0.125. The zero-order valence-electron chi connectivity index (χ0n) is 6.78. The fourth-order valence-electron chi connectivity index (χ4n) is 0.917. The smallest absolute Gasteiger partial charge is 0.259 e. The summed E-state index contributed by atoms with van der Waals surface area (Å²) in [6, 6.07) is 4.36. The van der Waals surface area contributed by atoms with Gasteiger partial charge in [0, 0.05) is 4.92 Å². The Balaban J connectivity index is 2.89. The van der Waals surface area contributed by atoms with Crippen molar-refractivity contribution in [2.24, 2.45) is 0 Å². The van der Waals surface area contributed by atoms with Crippen LogP contribution in [0.3, 0.4) is 0 Å². The first-order chi connectivity index (χ1) is 6.38. The van der Waals surface area contributed by atoms with Crippen molar-refractivity contribution < 1.29 is 18.1 Å². The van der Waals surface area contributed by atoms with Crippen LogP contribution < -0.4 is 0 Å². The van der Waals surface area contributed by atoms with Gasteiger partial charge in [0.25, 0.3) is 0 Å². The van der Waals surface area contributed by atoms with Crippen LogP contribution in [-0.4, -0.2) is 11.1 Å². The lowest BCUT2D eigenvalue weighted by molar-refractivity contribution is -0.384. The van der Waals surface area contributed by atoms with E-state index in [4.69, 9.17) is 0 Å². The minimum absolute atomic E-state index is 0.0139. The predicted molar refractivity (Wildman–Crippen MR) is 42.6 cm³/mol. The van der Waals surface area contributed by atoms with E-state index in [9.17, 15) is 23.3 Å². The molecule has 0 aromatic heterocycles. The largest absolute Gasteiger partial charge is 0.364 e. The number of alkyl halides is 3. The highest BCUT2D eigenvalue weighted by Crippen LogP contribution is 2.25. The van der Waals surface area contributed by atoms with Gasteiger partial charge in [-0.15, -0.1) is 6.07 Å². The van der Waals surface area contributed by atoms with Crippen LogP contribution in [0.25, 0.3) is 0 Å². The number of halogens is 3. The van der Waals surface area contributed by atoms with Gasteiger partial charge in [-0.3, -0.25) is 10.1 Å². The average molecular weight is 204 g/mol. The van der Waals surface area contributed by atoms with E-state index in [0.717, 1.165) is 18.2 Å². The number of nitro benzene ring substituents is 1. The summed E-state index contributed by atoms with van der Waals surface area (Å²) in [7, 11) is 0. The molecule has 0 saturated carbocycles. The third kappa shape index (κ3) is 2.96. The second kappa shape index (κ2) is 3.57. The Hall–Kier alpha value is -1.72. The first-order valence-electron chi connectivity index (χ1n) is 3.55. The first kappa shape index (κ1) is 10.4. The second-order valence-corrected chi connectivity index (χ2v) is 2.54. The number of nitro groups is 1. The van der Waals surface area contributed by atoms with Gasteiger partial charge in [-0.2, -0.15) is 24.8 Å². The molecular formula is C8H5F3NO2-. The Morgan fingerprint density at radius 2 is 2.00 bits per heavy atom. The quantitative estimate of drug-likeness (QED) is 0.422. The van der Waals surface area contributed by atoms with Crippen molar-refractivity contribution in [3.05, 3.63) is 46.4 Å². The molecule has 1 rings (SSSR count). The second-order valence-electron chi connectivity index (χ2n) is 2.54. The molecule has 0 heterocycles. The molecule has 76 valence electrons. The van der Waals surface area contributed by atoms with Gasteiger partial charge in [0.2, 0.25) is 5.69 Å². The van der Waals surface area contributed by atoms with E-state index < -0.39 is 11.1 Å². The molecule has 0 saturated heterocycles. The Morgan fingerprint density at radius 1 is 1.36 bits per heavy atom. The van der Waals surface area contributed by atoms with Crippen LogP contribution in [0.2, 0.25) is 0 Å². The molecule has 1 aromatic carbocycles. The topological polar surface area (TPSA) is 43.1 Å². The van der Waals surface area contributed by atoms with Crippen LogP contribution in [0.4, 0.5) is 18.9 Å². The summed E-state index contributed by atoms with van der Waals surface area (Å²) >= 11 is 0. The van der Waals surface area contributed by atoms with Crippen molar-refractivity contribution in [1.82, 2.24) is 0 Å². The van der Waals surface area contributed by atoms with E-state index in [-0.39, 0.29) is 17.7 Å². The van der Waals surface area contributed by atoms with Crippen LogP contribution in [0, 0.1) is 16.5 Å². The number of non-ortho nitro benzene ring substituents is 1. The molecule has 0 aliphatic heterocycles. The average Bonchev–Trinajstić information content (AvgIpc) is 2.01. The summed E-state index contributed by atoms with van der Waals surface area (Å²) in [6.07, 6.45) is -4.45. The molecule has 0 aliphatic rings. The van der Waals surface area contributed by atoms with Gasteiger partial charge < -0.3 is 0 Å². The molecule has 14 heavy (non-hydrogen) atoms. The van der Waals surface area contributed by atoms with Crippen molar-refractivity contribution in [2.75, 3.05) is 0 Å². The molecular weight excluding hydrogens is 199 g/mol. The van der Waals surface area contributed by atoms with Gasteiger partial charge in [-0.1, -0.05) is 12.5 Å². The van der Waals surface area contributed by atoms with Crippen LogP contribution in [0.15, 0.2) is 24.3 Å². The monoisotopic (exact) mass is 204 g/mol. The molecule has 0 N–H and O–H groups in total. The normalized spacial score (nSPS) is 11.1. The summed E-state index contributed by atoms with van der Waals surface area (Å²) in [5.74, 6) is 0. The van der Waals surface area contributed by atoms with E-state index >= 15 is 0 Å². The van der Waals surface area contributed by atoms with Crippen LogP contribution in [0.5, 0.6) is 0 Å². The Bertz CT molecular complexity index is 349. The third-order valence-electron chi connectivity index (χ3n) is 1.41. The van der Waals surface area contributed by atoms with Crippen molar-refractivity contribution in [3.8, 4) is 0 Å². The number of benzene rings is 1. The molecule has 0 aliphatic carbocycles. The van der Waals surface area contributed by atoms with Gasteiger partial charge in [0.1, 0.15) is 0 Å². The van der Waals surface area contributed by atoms with E-state index in [1.807, 2.05) is 0 Å². The summed E-state index contributed by atoms with van der Waals surface area (Å²) in [5.41, 5.74) is -0.588. The molecule has 0 fully saturated rings. The highest BCUT2D eigenvalue weighted by atomic mass is 19.4. The standard InChI is InChI=1S/C8H5F3NO2/c9-8(10,11)5-6-2-1-3-7(4-6)12(13)14/h1-5H/q-1. The summed E-state index contributed by atoms with van der Waals surface area (Å²) in [6.45, 7) is 0. The SMILES string of the molecule is O=[N+]([O-])c1cccc([CH-]C(F)(F)F)c1. The van der Waals surface area contributed by atoms with E-state index in [0.29, 0.717) is 0 Å². The Morgan fingerprint density at radius 3 is 2.50 bits per heavy atom. The summed E-state index contributed by atoms with van der Waals surface area (Å²) in [4.78, 5) is 9.49. The molecule has 0 bridgehead atoms. The maximum atomic E-state index is 11.8. The maximum Gasteiger partial charge on any atom is 0.364 e. The maximum absolute atomic E-state index is 11.8. The Labute approximate surface area is 77.3 Å². The minimum atomic E-state index is -4.46.